The van der Waals surface area contributed by atoms with Crippen LogP contribution in [0.4, 0.5) is 0 Å². The third-order valence-corrected chi connectivity index (χ3v) is 12.0. The molecule has 8 heteroatoms. The zero-order valence-corrected chi connectivity index (χ0v) is 37.3. The Kier molecular flexibility index (Phi) is 40.3. The summed E-state index contributed by atoms with van der Waals surface area (Å²) in [6.45, 7) is 8.71. The number of unbranched alkanes of at least 4 members (excludes halogenated alkanes) is 30. The summed E-state index contributed by atoms with van der Waals surface area (Å²) < 4.78 is 0.112. The predicted octanol–water partition coefficient (Wildman–Crippen LogP) is 10.7. The number of carbonyl (C=O) groups excluding carboxylic acids is 2. The van der Waals surface area contributed by atoms with Gasteiger partial charge in [-0.15, -0.1) is 0 Å². The van der Waals surface area contributed by atoms with E-state index >= 15 is 0 Å². The minimum Gasteiger partial charge on any atom is -0.343 e. The first-order valence-electron chi connectivity index (χ1n) is 24.5. The number of amides is 2. The van der Waals surface area contributed by atoms with E-state index in [0.717, 1.165) is 25.9 Å². The number of rotatable bonds is 44. The van der Waals surface area contributed by atoms with Gasteiger partial charge in [0.15, 0.2) is 0 Å². The van der Waals surface area contributed by atoms with Crippen LogP contribution in [-0.2, 0) is 9.59 Å². The third-order valence-electron chi connectivity index (χ3n) is 12.0. The quantitative estimate of drug-likeness (QED) is 0.0358. The van der Waals surface area contributed by atoms with Crippen LogP contribution in [0.1, 0.15) is 232 Å². The van der Waals surface area contributed by atoms with Crippen LogP contribution in [0.2, 0.25) is 0 Å². The Morgan fingerprint density at radius 3 is 0.945 bits per heavy atom. The molecule has 0 aromatic rings. The van der Waals surface area contributed by atoms with Gasteiger partial charge in [0.2, 0.25) is 5.91 Å². The molecule has 2 amide bonds. The molecule has 0 rings (SSSR count). The highest BCUT2D eigenvalue weighted by atomic mass is 16.2. The molecule has 8 nitrogen and oxygen atoms in total. The Bertz CT molecular complexity index is 774. The second-order valence-corrected chi connectivity index (χ2v) is 17.2. The molecule has 0 aliphatic heterocycles. The lowest BCUT2D eigenvalue weighted by Crippen LogP contribution is -2.63. The molecule has 1 atom stereocenters. The molecule has 0 aromatic carbocycles. The Balaban J connectivity index is 4.55. The summed E-state index contributed by atoms with van der Waals surface area (Å²) in [5, 5.41) is 0. The van der Waals surface area contributed by atoms with Crippen LogP contribution in [0.15, 0.2) is 0 Å². The molecule has 0 radical (unpaired) electrons. The van der Waals surface area contributed by atoms with E-state index in [1.54, 1.807) is 0 Å². The van der Waals surface area contributed by atoms with Gasteiger partial charge < -0.3 is 27.8 Å². The highest BCUT2D eigenvalue weighted by Gasteiger charge is 2.38. The number of hydrogen-bond donors (Lipinski definition) is 4. The molecule has 0 bridgehead atoms. The van der Waals surface area contributed by atoms with E-state index in [-0.39, 0.29) is 16.3 Å². The van der Waals surface area contributed by atoms with Crippen molar-refractivity contribution in [3.63, 3.8) is 0 Å². The molecular formula is C47H99N6O2+. The molecule has 0 spiro atoms. The summed E-state index contributed by atoms with van der Waals surface area (Å²) in [5.74, 6) is 0.0519. The Hall–Kier alpha value is -1.06. The van der Waals surface area contributed by atoms with Crippen molar-refractivity contribution < 1.29 is 14.1 Å². The van der Waals surface area contributed by atoms with E-state index in [9.17, 15) is 9.59 Å². The average Bonchev–Trinajstić information content (AvgIpc) is 3.18. The van der Waals surface area contributed by atoms with Crippen molar-refractivity contribution in [2.45, 2.75) is 238 Å². The van der Waals surface area contributed by atoms with Crippen LogP contribution in [0.25, 0.3) is 0 Å². The minimum absolute atomic E-state index is 0.0868. The van der Waals surface area contributed by atoms with Crippen molar-refractivity contribution in [3.05, 3.63) is 0 Å². The first-order chi connectivity index (χ1) is 26.9. The van der Waals surface area contributed by atoms with Crippen molar-refractivity contribution >= 4 is 11.8 Å². The fourth-order valence-corrected chi connectivity index (χ4v) is 8.38. The van der Waals surface area contributed by atoms with Gasteiger partial charge in [-0.25, -0.2) is 4.79 Å². The van der Waals surface area contributed by atoms with Crippen LogP contribution in [0.3, 0.4) is 0 Å². The maximum Gasteiger partial charge on any atom is 0.330 e. The average molecular weight is 780 g/mol. The standard InChI is InChI=1S/C47H99N6O2/c1-3-5-7-9-11-13-15-17-19-21-23-25-27-29-31-33-40-52(41-34-32-30-28-26-24-22-20-18-16-14-12-10-8-6-4-2)46(54)36-35-45(51)47(55)53(42-37-48,43-38-49)44-39-50/h45H,3-44,48-51H2,1-2H3/q+1/t45-/m0/s1. The normalized spacial score (nSPS) is 12.4. The molecule has 0 heterocycles. The van der Waals surface area contributed by atoms with E-state index in [4.69, 9.17) is 22.9 Å². The number of nitrogens with zero attached hydrogens (tertiary/aromatic N) is 2. The molecule has 0 fully saturated rings. The van der Waals surface area contributed by atoms with Crippen molar-refractivity contribution in [2.24, 2.45) is 22.9 Å². The monoisotopic (exact) mass is 780 g/mol. The van der Waals surface area contributed by atoms with Crippen LogP contribution in [0.5, 0.6) is 0 Å². The van der Waals surface area contributed by atoms with Gasteiger partial charge in [-0.1, -0.05) is 206 Å². The number of hydrogen-bond acceptors (Lipinski definition) is 6. The minimum atomic E-state index is -0.721. The fraction of sp³-hybridized carbons (Fsp3) is 0.957. The predicted molar refractivity (Wildman–Crippen MR) is 240 cm³/mol. The summed E-state index contributed by atoms with van der Waals surface area (Å²) >= 11 is 0. The van der Waals surface area contributed by atoms with Gasteiger partial charge in [-0.05, 0) is 19.3 Å². The first kappa shape index (κ1) is 53.9. The number of carbonyl (C=O) groups is 2. The zero-order chi connectivity index (χ0) is 40.5. The van der Waals surface area contributed by atoms with Crippen LogP contribution >= 0.6 is 0 Å². The maximum absolute atomic E-state index is 13.6. The molecule has 0 saturated heterocycles. The summed E-state index contributed by atoms with van der Waals surface area (Å²) in [4.78, 5) is 29.2. The van der Waals surface area contributed by atoms with Crippen molar-refractivity contribution in [3.8, 4) is 0 Å². The van der Waals surface area contributed by atoms with Gasteiger partial charge >= 0.3 is 5.91 Å². The van der Waals surface area contributed by atoms with Crippen molar-refractivity contribution in [1.82, 2.24) is 4.90 Å². The Morgan fingerprint density at radius 1 is 0.436 bits per heavy atom. The lowest BCUT2D eigenvalue weighted by atomic mass is 10.0. The molecule has 0 aromatic heterocycles. The molecule has 0 unspecified atom stereocenters. The number of quaternary nitrogens is 1. The summed E-state index contributed by atoms with van der Waals surface area (Å²) in [5.41, 5.74) is 24.1. The molecule has 328 valence electrons. The van der Waals surface area contributed by atoms with E-state index in [2.05, 4.69) is 18.7 Å². The van der Waals surface area contributed by atoms with Crippen molar-refractivity contribution in [1.29, 1.82) is 0 Å². The third kappa shape index (κ3) is 31.6. The lowest BCUT2D eigenvalue weighted by Gasteiger charge is -2.37. The van der Waals surface area contributed by atoms with E-state index in [1.807, 2.05) is 0 Å². The van der Waals surface area contributed by atoms with E-state index in [1.165, 1.54) is 193 Å². The summed E-state index contributed by atoms with van der Waals surface area (Å²) in [6, 6.07) is -0.721. The van der Waals surface area contributed by atoms with E-state index < -0.39 is 6.04 Å². The van der Waals surface area contributed by atoms with Crippen LogP contribution < -0.4 is 22.9 Å². The van der Waals surface area contributed by atoms with Crippen LogP contribution in [0, 0.1) is 0 Å². The molecule has 0 aliphatic rings. The second kappa shape index (κ2) is 41.1. The van der Waals surface area contributed by atoms with Crippen LogP contribution in [-0.4, -0.2) is 79.6 Å². The Morgan fingerprint density at radius 2 is 0.691 bits per heavy atom. The number of nitrogens with two attached hydrogens (primary N) is 4. The van der Waals surface area contributed by atoms with Gasteiger partial charge in [-0.2, -0.15) is 0 Å². The molecule has 0 aliphatic carbocycles. The van der Waals surface area contributed by atoms with Gasteiger partial charge in [0.25, 0.3) is 0 Å². The zero-order valence-electron chi connectivity index (χ0n) is 37.3. The topological polar surface area (TPSA) is 141 Å². The van der Waals surface area contributed by atoms with Crippen molar-refractivity contribution in [2.75, 3.05) is 52.4 Å². The largest absolute Gasteiger partial charge is 0.343 e. The summed E-state index contributed by atoms with van der Waals surface area (Å²) in [6.07, 6.45) is 43.7. The fourth-order valence-electron chi connectivity index (χ4n) is 8.38. The maximum atomic E-state index is 13.6. The SMILES string of the molecule is CCCCCCCCCCCCCCCCCCN(CCCCCCCCCCCCCCCCCC)C(=O)CC[C@H](N)C(=O)[N+](CCN)(CCN)CCN. The van der Waals surface area contributed by atoms with E-state index in [0.29, 0.717) is 52.1 Å². The second-order valence-electron chi connectivity index (χ2n) is 17.2. The van der Waals surface area contributed by atoms with Gasteiger partial charge in [0.1, 0.15) is 6.04 Å². The van der Waals surface area contributed by atoms with Gasteiger partial charge in [-0.3, -0.25) is 9.28 Å². The molecular weight excluding hydrogens is 681 g/mol. The highest BCUT2D eigenvalue weighted by Crippen LogP contribution is 2.17. The Labute approximate surface area is 343 Å². The smallest absolute Gasteiger partial charge is 0.330 e. The first-order valence-corrected chi connectivity index (χ1v) is 24.5. The summed E-state index contributed by atoms with van der Waals surface area (Å²) in [7, 11) is 0. The van der Waals surface area contributed by atoms with Gasteiger partial charge in [0.05, 0.1) is 19.6 Å². The molecule has 55 heavy (non-hydrogen) atoms. The lowest BCUT2D eigenvalue weighted by molar-refractivity contribution is -0.851. The molecule has 8 N–H and O–H groups in total. The van der Waals surface area contributed by atoms with Gasteiger partial charge in [0, 0.05) is 39.1 Å². The highest BCUT2D eigenvalue weighted by molar-refractivity contribution is 5.79. The molecule has 0 saturated carbocycles.